The maximum absolute atomic E-state index is 9.91. The number of nitrogens with two attached hydrogens (primary N) is 1. The summed E-state index contributed by atoms with van der Waals surface area (Å²) >= 11 is 0. The largest absolute Gasteiger partial charge is 0.482 e. The molecule has 3 N–H and O–H groups in total. The van der Waals surface area contributed by atoms with Crippen molar-refractivity contribution in [1.29, 1.82) is 0 Å². The minimum Gasteiger partial charge on any atom is -0.482 e. The average Bonchev–Trinajstić information content (AvgIpc) is 1.67. The summed E-state index contributed by atoms with van der Waals surface area (Å²) in [5.41, 5.74) is 5.02. The maximum atomic E-state index is 9.91. The highest BCUT2D eigenvalue weighted by Gasteiger charge is 2.06. The number of carboxylic acids is 1. The number of carboxylic acid groups (broad SMARTS) is 1. The Morgan fingerprint density at radius 2 is 2.38 bits per heavy atom. The second kappa shape index (κ2) is 3.49. The number of hydrogen-bond acceptors (Lipinski definition) is 2. The quantitative estimate of drug-likeness (QED) is 0.479. The van der Waals surface area contributed by atoms with Gasteiger partial charge in [-0.15, -0.1) is 0 Å². The van der Waals surface area contributed by atoms with Crippen molar-refractivity contribution in [3.63, 3.8) is 0 Å². The Kier molecular flexibility index (Phi) is 3.27. The monoisotopic (exact) mass is 113 g/mol. The summed E-state index contributed by atoms with van der Waals surface area (Å²) < 4.78 is 0. The Balaban J connectivity index is 3.32. The van der Waals surface area contributed by atoms with Gasteiger partial charge in [0.05, 0.1) is 7.85 Å². The van der Waals surface area contributed by atoms with Crippen LogP contribution in [0.25, 0.3) is 0 Å². The van der Waals surface area contributed by atoms with Crippen LogP contribution in [0, 0.1) is 0 Å². The highest BCUT2D eigenvalue weighted by Crippen LogP contribution is 2.01. The van der Waals surface area contributed by atoms with Crippen molar-refractivity contribution in [2.75, 3.05) is 6.54 Å². The van der Waals surface area contributed by atoms with E-state index in [0.29, 0.717) is 13.0 Å². The molecule has 1 atom stereocenters. The molecule has 0 aliphatic heterocycles. The van der Waals surface area contributed by atoms with Gasteiger partial charge in [-0.2, -0.15) is 0 Å². The molecule has 0 aromatic rings. The van der Waals surface area contributed by atoms with Crippen LogP contribution < -0.4 is 5.73 Å². The summed E-state index contributed by atoms with van der Waals surface area (Å²) in [7, 11) is 5.05. The van der Waals surface area contributed by atoms with Gasteiger partial charge in [0.1, 0.15) is 0 Å². The van der Waals surface area contributed by atoms with E-state index < -0.39 is 11.8 Å². The van der Waals surface area contributed by atoms with Crippen LogP contribution in [0.1, 0.15) is 6.42 Å². The second-order valence-electron chi connectivity index (χ2n) is 1.52. The fraction of sp³-hybridized carbons (Fsp3) is 0.750. The van der Waals surface area contributed by atoms with Gasteiger partial charge < -0.3 is 10.8 Å². The van der Waals surface area contributed by atoms with Crippen molar-refractivity contribution in [2.45, 2.75) is 12.2 Å². The predicted molar refractivity (Wildman–Crippen MR) is 30.8 cm³/mol. The number of hydrogen-bond donors (Lipinski definition) is 2. The lowest BCUT2D eigenvalue weighted by atomic mass is 9.85. The van der Waals surface area contributed by atoms with Crippen LogP contribution in [-0.2, 0) is 4.79 Å². The smallest absolute Gasteiger partial charge is 0.297 e. The van der Waals surface area contributed by atoms with Crippen LogP contribution in [0.5, 0.6) is 0 Å². The molecule has 0 saturated carbocycles. The van der Waals surface area contributed by atoms with Crippen molar-refractivity contribution < 1.29 is 9.90 Å². The van der Waals surface area contributed by atoms with Gasteiger partial charge in [-0.25, -0.2) is 0 Å². The Hall–Kier alpha value is -0.505. The third kappa shape index (κ3) is 2.63. The Bertz CT molecular complexity index is 86.1. The summed E-state index contributed by atoms with van der Waals surface area (Å²) in [6, 6.07) is 0. The SMILES string of the molecule is [B]C(CCN)C(=O)O. The van der Waals surface area contributed by atoms with Gasteiger partial charge in [0.2, 0.25) is 0 Å². The van der Waals surface area contributed by atoms with E-state index in [-0.39, 0.29) is 0 Å². The van der Waals surface area contributed by atoms with Gasteiger partial charge in [-0.3, -0.25) is 4.79 Å². The van der Waals surface area contributed by atoms with E-state index in [1.165, 1.54) is 0 Å². The van der Waals surface area contributed by atoms with Crippen LogP contribution in [-0.4, -0.2) is 25.5 Å². The van der Waals surface area contributed by atoms with Crippen molar-refractivity contribution >= 4 is 13.8 Å². The molecule has 0 aliphatic rings. The highest BCUT2D eigenvalue weighted by molar-refractivity contribution is 6.22. The zero-order valence-corrected chi connectivity index (χ0v) is 4.50. The van der Waals surface area contributed by atoms with Crippen molar-refractivity contribution in [1.82, 2.24) is 0 Å². The molecule has 8 heavy (non-hydrogen) atoms. The third-order valence-electron chi connectivity index (χ3n) is 0.795. The van der Waals surface area contributed by atoms with Crippen molar-refractivity contribution in [3.8, 4) is 0 Å². The highest BCUT2D eigenvalue weighted by atomic mass is 16.4. The fourth-order valence-electron chi connectivity index (χ4n) is 0.303. The Labute approximate surface area is 49.3 Å². The molecule has 0 saturated heterocycles. The van der Waals surface area contributed by atoms with Gasteiger partial charge in [0.15, 0.2) is 0 Å². The van der Waals surface area contributed by atoms with Crippen LogP contribution in [0.3, 0.4) is 0 Å². The summed E-state index contributed by atoms with van der Waals surface area (Å²) in [5, 5.41) is 8.13. The predicted octanol–water partition coefficient (Wildman–Crippen LogP) is -0.623. The lowest BCUT2D eigenvalue weighted by molar-refractivity contribution is -0.136. The Morgan fingerprint density at radius 1 is 1.88 bits per heavy atom. The third-order valence-corrected chi connectivity index (χ3v) is 0.795. The standard InChI is InChI=1S/C4H8BNO2/c5-3(1-2-6)4(7)8/h3H,1-2,6H2,(H,7,8). The molecule has 0 aromatic carbocycles. The second-order valence-corrected chi connectivity index (χ2v) is 1.52. The minimum atomic E-state index is -0.990. The molecular formula is C4H8BNO2. The summed E-state index contributed by atoms with van der Waals surface area (Å²) in [5.74, 6) is -1.78. The summed E-state index contributed by atoms with van der Waals surface area (Å²) in [6.45, 7) is 0.327. The lowest BCUT2D eigenvalue weighted by Crippen LogP contribution is -2.12. The zero-order valence-electron chi connectivity index (χ0n) is 4.50. The van der Waals surface area contributed by atoms with E-state index in [4.69, 9.17) is 18.7 Å². The van der Waals surface area contributed by atoms with E-state index in [2.05, 4.69) is 0 Å². The molecule has 44 valence electrons. The molecule has 0 aliphatic carbocycles. The van der Waals surface area contributed by atoms with E-state index in [9.17, 15) is 4.79 Å². The van der Waals surface area contributed by atoms with E-state index >= 15 is 0 Å². The molecule has 0 fully saturated rings. The number of carbonyl (C=O) groups is 1. The van der Waals surface area contributed by atoms with Gasteiger partial charge in [0.25, 0.3) is 5.97 Å². The molecule has 0 bridgehead atoms. The molecule has 2 radical (unpaired) electrons. The zero-order chi connectivity index (χ0) is 6.57. The van der Waals surface area contributed by atoms with Crippen molar-refractivity contribution in [3.05, 3.63) is 0 Å². The van der Waals surface area contributed by atoms with Gasteiger partial charge >= 0.3 is 0 Å². The number of aliphatic carboxylic acids is 1. The molecular weight excluding hydrogens is 105 g/mol. The van der Waals surface area contributed by atoms with Crippen LogP contribution in [0.2, 0.25) is 5.82 Å². The van der Waals surface area contributed by atoms with Crippen molar-refractivity contribution in [2.24, 2.45) is 5.73 Å². The van der Waals surface area contributed by atoms with Crippen LogP contribution >= 0.6 is 0 Å². The van der Waals surface area contributed by atoms with Gasteiger partial charge in [0, 0.05) is 5.82 Å². The summed E-state index contributed by atoms with van der Waals surface area (Å²) in [4.78, 5) is 9.91. The topological polar surface area (TPSA) is 63.3 Å². The average molecular weight is 113 g/mol. The first-order valence-electron chi connectivity index (χ1n) is 2.37. The summed E-state index contributed by atoms with van der Waals surface area (Å²) in [6.07, 6.45) is 0.343. The van der Waals surface area contributed by atoms with E-state index in [0.717, 1.165) is 0 Å². The van der Waals surface area contributed by atoms with E-state index in [1.54, 1.807) is 0 Å². The Morgan fingerprint density at radius 3 is 2.50 bits per heavy atom. The van der Waals surface area contributed by atoms with E-state index in [1.807, 2.05) is 0 Å². The first-order valence-corrected chi connectivity index (χ1v) is 2.37. The lowest BCUT2D eigenvalue weighted by Gasteiger charge is -2.00. The van der Waals surface area contributed by atoms with Gasteiger partial charge in [-0.05, 0) is 13.0 Å². The first kappa shape index (κ1) is 7.49. The molecule has 0 amide bonds. The molecule has 1 unspecified atom stereocenters. The van der Waals surface area contributed by atoms with Crippen LogP contribution in [0.15, 0.2) is 0 Å². The molecule has 0 heterocycles. The van der Waals surface area contributed by atoms with Gasteiger partial charge in [-0.1, -0.05) is 0 Å². The molecule has 0 aromatic heterocycles. The number of rotatable bonds is 3. The molecule has 4 heteroatoms. The fourth-order valence-corrected chi connectivity index (χ4v) is 0.303. The molecule has 3 nitrogen and oxygen atoms in total. The first-order chi connectivity index (χ1) is 3.68. The van der Waals surface area contributed by atoms with Crippen LogP contribution in [0.4, 0.5) is 0 Å². The minimum absolute atomic E-state index is 0.327. The maximum Gasteiger partial charge on any atom is 0.297 e. The molecule has 0 spiro atoms. The normalized spacial score (nSPS) is 13.1. The molecule has 0 rings (SSSR count).